The third-order valence-corrected chi connectivity index (χ3v) is 2.06. The SMILES string of the molecule is C=CCC(=O)Nc1ccc(OC)cc1C(=O)O. The molecule has 0 unspecified atom stereocenters. The summed E-state index contributed by atoms with van der Waals surface area (Å²) in [7, 11) is 1.44. The van der Waals surface area contributed by atoms with Gasteiger partial charge in [0.1, 0.15) is 5.75 Å². The Morgan fingerprint density at radius 2 is 2.24 bits per heavy atom. The molecule has 0 saturated carbocycles. The predicted octanol–water partition coefficient (Wildman–Crippen LogP) is 1.91. The molecule has 5 nitrogen and oxygen atoms in total. The summed E-state index contributed by atoms with van der Waals surface area (Å²) in [5.41, 5.74) is 0.229. The number of amides is 1. The van der Waals surface area contributed by atoms with Crippen molar-refractivity contribution in [2.24, 2.45) is 0 Å². The molecule has 90 valence electrons. The van der Waals surface area contributed by atoms with E-state index in [1.54, 1.807) is 6.07 Å². The van der Waals surface area contributed by atoms with Crippen molar-refractivity contribution >= 4 is 17.6 Å². The van der Waals surface area contributed by atoms with Gasteiger partial charge in [0.2, 0.25) is 5.91 Å². The third-order valence-electron chi connectivity index (χ3n) is 2.06. The van der Waals surface area contributed by atoms with Crippen molar-refractivity contribution in [3.8, 4) is 5.75 Å². The first-order valence-corrected chi connectivity index (χ1v) is 4.90. The van der Waals surface area contributed by atoms with Gasteiger partial charge in [-0.2, -0.15) is 0 Å². The summed E-state index contributed by atoms with van der Waals surface area (Å²) in [6.07, 6.45) is 1.57. The zero-order chi connectivity index (χ0) is 12.8. The number of anilines is 1. The van der Waals surface area contributed by atoms with Crippen LogP contribution < -0.4 is 10.1 Å². The zero-order valence-electron chi connectivity index (χ0n) is 9.40. The highest BCUT2D eigenvalue weighted by Crippen LogP contribution is 2.22. The van der Waals surface area contributed by atoms with Gasteiger partial charge in [-0.1, -0.05) is 6.08 Å². The van der Waals surface area contributed by atoms with Crippen molar-refractivity contribution in [3.63, 3.8) is 0 Å². The monoisotopic (exact) mass is 235 g/mol. The van der Waals surface area contributed by atoms with Crippen LogP contribution in [0.2, 0.25) is 0 Å². The molecule has 0 spiro atoms. The van der Waals surface area contributed by atoms with Crippen molar-refractivity contribution in [1.82, 2.24) is 0 Å². The molecule has 2 N–H and O–H groups in total. The lowest BCUT2D eigenvalue weighted by Gasteiger charge is -2.09. The lowest BCUT2D eigenvalue weighted by atomic mass is 10.1. The number of benzene rings is 1. The fourth-order valence-corrected chi connectivity index (χ4v) is 1.27. The van der Waals surface area contributed by atoms with Crippen LogP contribution in [0.25, 0.3) is 0 Å². The van der Waals surface area contributed by atoms with Crippen LogP contribution in [-0.4, -0.2) is 24.1 Å². The highest BCUT2D eigenvalue weighted by molar-refractivity contribution is 6.01. The molecule has 0 bridgehead atoms. The normalized spacial score (nSPS) is 9.47. The molecule has 0 saturated heterocycles. The number of nitrogens with one attached hydrogen (secondary N) is 1. The van der Waals surface area contributed by atoms with Gasteiger partial charge in [-0.3, -0.25) is 4.79 Å². The minimum absolute atomic E-state index is 0.0123. The van der Waals surface area contributed by atoms with Crippen molar-refractivity contribution in [3.05, 3.63) is 36.4 Å². The Morgan fingerprint density at radius 3 is 2.76 bits per heavy atom. The molecular weight excluding hydrogens is 222 g/mol. The predicted molar refractivity (Wildman–Crippen MR) is 63.4 cm³/mol. The van der Waals surface area contributed by atoms with Gasteiger partial charge in [-0.15, -0.1) is 6.58 Å². The Morgan fingerprint density at radius 1 is 1.53 bits per heavy atom. The van der Waals surface area contributed by atoms with Crippen LogP contribution in [0.3, 0.4) is 0 Å². The molecule has 1 aromatic rings. The number of rotatable bonds is 5. The molecular formula is C12H13NO4. The average molecular weight is 235 g/mol. The maximum Gasteiger partial charge on any atom is 0.337 e. The van der Waals surface area contributed by atoms with Gasteiger partial charge in [0, 0.05) is 6.42 Å². The first-order valence-electron chi connectivity index (χ1n) is 4.90. The summed E-state index contributed by atoms with van der Waals surface area (Å²) in [6, 6.07) is 4.42. The summed E-state index contributed by atoms with van der Waals surface area (Å²) >= 11 is 0. The average Bonchev–Trinajstić information content (AvgIpc) is 2.29. The van der Waals surface area contributed by atoms with Crippen LogP contribution >= 0.6 is 0 Å². The van der Waals surface area contributed by atoms with Gasteiger partial charge in [0.05, 0.1) is 18.4 Å². The van der Waals surface area contributed by atoms with Gasteiger partial charge in [0.25, 0.3) is 0 Å². The molecule has 0 atom stereocenters. The van der Waals surface area contributed by atoms with E-state index in [1.807, 2.05) is 0 Å². The first-order chi connectivity index (χ1) is 8.08. The topological polar surface area (TPSA) is 75.6 Å². The highest BCUT2D eigenvalue weighted by Gasteiger charge is 2.13. The fourth-order valence-electron chi connectivity index (χ4n) is 1.27. The minimum Gasteiger partial charge on any atom is -0.497 e. The molecule has 1 aromatic carbocycles. The second-order valence-electron chi connectivity index (χ2n) is 3.26. The maximum atomic E-state index is 11.3. The lowest BCUT2D eigenvalue weighted by Crippen LogP contribution is -2.13. The van der Waals surface area contributed by atoms with E-state index in [9.17, 15) is 9.59 Å². The van der Waals surface area contributed by atoms with Crippen molar-refractivity contribution in [1.29, 1.82) is 0 Å². The smallest absolute Gasteiger partial charge is 0.337 e. The van der Waals surface area contributed by atoms with E-state index in [-0.39, 0.29) is 23.6 Å². The van der Waals surface area contributed by atoms with Crippen LogP contribution in [0.5, 0.6) is 5.75 Å². The van der Waals surface area contributed by atoms with E-state index < -0.39 is 5.97 Å². The number of hydrogen-bond donors (Lipinski definition) is 2. The van der Waals surface area contributed by atoms with Crippen molar-refractivity contribution in [2.75, 3.05) is 12.4 Å². The second kappa shape index (κ2) is 5.69. The quantitative estimate of drug-likeness (QED) is 0.764. The van der Waals surface area contributed by atoms with E-state index in [2.05, 4.69) is 11.9 Å². The largest absolute Gasteiger partial charge is 0.497 e. The molecule has 1 rings (SSSR count). The van der Waals surface area contributed by atoms with E-state index in [4.69, 9.17) is 9.84 Å². The minimum atomic E-state index is -1.13. The molecule has 0 aliphatic rings. The van der Waals surface area contributed by atoms with Crippen LogP contribution in [0.4, 0.5) is 5.69 Å². The van der Waals surface area contributed by atoms with Gasteiger partial charge < -0.3 is 15.2 Å². The standard InChI is InChI=1S/C12H13NO4/c1-3-4-11(14)13-10-6-5-8(17-2)7-9(10)12(15)16/h3,5-7H,1,4H2,2H3,(H,13,14)(H,15,16). The van der Waals surface area contributed by atoms with Gasteiger partial charge in [-0.25, -0.2) is 4.79 Å². The van der Waals surface area contributed by atoms with Crippen LogP contribution in [0.15, 0.2) is 30.9 Å². The molecule has 0 aliphatic heterocycles. The van der Waals surface area contributed by atoms with E-state index >= 15 is 0 Å². The number of aromatic carboxylic acids is 1. The lowest BCUT2D eigenvalue weighted by molar-refractivity contribution is -0.115. The molecule has 0 aromatic heterocycles. The van der Waals surface area contributed by atoms with Crippen molar-refractivity contribution in [2.45, 2.75) is 6.42 Å². The summed E-state index contributed by atoms with van der Waals surface area (Å²) < 4.78 is 4.92. The molecule has 17 heavy (non-hydrogen) atoms. The Kier molecular flexibility index (Phi) is 4.28. The summed E-state index contributed by atoms with van der Waals surface area (Å²) in [4.78, 5) is 22.3. The summed E-state index contributed by atoms with van der Waals surface area (Å²) in [5, 5.41) is 11.5. The Balaban J connectivity index is 3.02. The van der Waals surface area contributed by atoms with E-state index in [1.165, 1.54) is 25.3 Å². The zero-order valence-corrected chi connectivity index (χ0v) is 9.40. The van der Waals surface area contributed by atoms with Gasteiger partial charge in [-0.05, 0) is 18.2 Å². The Labute approximate surface area is 98.7 Å². The number of carboxylic acids is 1. The van der Waals surface area contributed by atoms with Crippen LogP contribution in [-0.2, 0) is 4.79 Å². The maximum absolute atomic E-state index is 11.3. The molecule has 0 radical (unpaired) electrons. The summed E-state index contributed by atoms with van der Waals surface area (Å²) in [6.45, 7) is 3.43. The second-order valence-corrected chi connectivity index (χ2v) is 3.26. The third kappa shape index (κ3) is 3.34. The first kappa shape index (κ1) is 12.8. The number of carbonyl (C=O) groups is 2. The Hall–Kier alpha value is -2.30. The number of carboxylic acid groups (broad SMARTS) is 1. The number of hydrogen-bond acceptors (Lipinski definition) is 3. The highest BCUT2D eigenvalue weighted by atomic mass is 16.5. The Bertz CT molecular complexity index is 454. The van der Waals surface area contributed by atoms with Crippen LogP contribution in [0.1, 0.15) is 16.8 Å². The molecule has 0 aliphatic carbocycles. The van der Waals surface area contributed by atoms with Gasteiger partial charge in [0.15, 0.2) is 0 Å². The molecule has 0 fully saturated rings. The van der Waals surface area contributed by atoms with E-state index in [0.29, 0.717) is 5.75 Å². The number of carbonyl (C=O) groups excluding carboxylic acids is 1. The molecule has 0 heterocycles. The van der Waals surface area contributed by atoms with Crippen molar-refractivity contribution < 1.29 is 19.4 Å². The van der Waals surface area contributed by atoms with E-state index in [0.717, 1.165) is 0 Å². The molecule has 5 heteroatoms. The number of ether oxygens (including phenoxy) is 1. The number of methoxy groups -OCH3 is 1. The van der Waals surface area contributed by atoms with Gasteiger partial charge >= 0.3 is 5.97 Å². The molecule has 1 amide bonds. The summed E-state index contributed by atoms with van der Waals surface area (Å²) in [5.74, 6) is -1.02. The van der Waals surface area contributed by atoms with Crippen LogP contribution in [0, 0.1) is 0 Å². The fraction of sp³-hybridized carbons (Fsp3) is 0.167.